The number of rotatable bonds is 5. The van der Waals surface area contributed by atoms with E-state index in [9.17, 15) is 14.4 Å². The largest absolute Gasteiger partial charge is 0.346 e. The molecule has 1 atom stereocenters. The fourth-order valence-corrected chi connectivity index (χ4v) is 2.10. The molecule has 0 aliphatic carbocycles. The smallest absolute Gasteiger partial charge is 0.243 e. The molecule has 0 unspecified atom stereocenters. The third-order valence-electron chi connectivity index (χ3n) is 3.46. The predicted molar refractivity (Wildman–Crippen MR) is 83.2 cm³/mol. The molecule has 118 valence electrons. The Morgan fingerprint density at radius 1 is 1.36 bits per heavy atom. The molecule has 1 aromatic rings. The van der Waals surface area contributed by atoms with Gasteiger partial charge in [0, 0.05) is 11.4 Å². The van der Waals surface area contributed by atoms with Gasteiger partial charge in [0.05, 0.1) is 19.0 Å². The molecule has 0 bridgehead atoms. The zero-order valence-electron chi connectivity index (χ0n) is 12.6. The van der Waals surface area contributed by atoms with Crippen LogP contribution >= 0.6 is 0 Å². The average molecular weight is 304 g/mol. The number of amides is 3. The molecule has 1 aliphatic rings. The van der Waals surface area contributed by atoms with E-state index in [-0.39, 0.29) is 30.2 Å². The van der Waals surface area contributed by atoms with Crippen molar-refractivity contribution < 1.29 is 14.4 Å². The molecule has 0 saturated heterocycles. The lowest BCUT2D eigenvalue weighted by Gasteiger charge is -2.15. The van der Waals surface area contributed by atoms with Crippen LogP contribution in [0.5, 0.6) is 0 Å². The summed E-state index contributed by atoms with van der Waals surface area (Å²) >= 11 is 0. The maximum atomic E-state index is 11.8. The number of fused-ring (bicyclic) bond motifs is 1. The Hall–Kier alpha value is -2.41. The van der Waals surface area contributed by atoms with Crippen LogP contribution in [0.1, 0.15) is 19.4 Å². The maximum absolute atomic E-state index is 11.8. The number of nitrogens with one attached hydrogen (secondary N) is 3. The van der Waals surface area contributed by atoms with Gasteiger partial charge in [-0.3, -0.25) is 14.4 Å². The lowest BCUT2D eigenvalue weighted by Crippen LogP contribution is -2.46. The molecule has 1 aliphatic heterocycles. The summed E-state index contributed by atoms with van der Waals surface area (Å²) in [7, 11) is 0. The number of anilines is 2. The van der Waals surface area contributed by atoms with Gasteiger partial charge in [0.25, 0.3) is 0 Å². The number of carbonyl (C=O) groups is 3. The van der Waals surface area contributed by atoms with E-state index >= 15 is 0 Å². The zero-order chi connectivity index (χ0) is 16.3. The lowest BCUT2D eigenvalue weighted by molar-refractivity contribution is -0.125. The Bertz CT molecular complexity index is 613. The van der Waals surface area contributed by atoms with Gasteiger partial charge in [-0.1, -0.05) is 13.8 Å². The quantitative estimate of drug-likeness (QED) is 0.623. The molecular formula is C15H20N4O3. The Balaban J connectivity index is 1.87. The van der Waals surface area contributed by atoms with Crippen LogP contribution in [0, 0.1) is 5.92 Å². The maximum Gasteiger partial charge on any atom is 0.243 e. The van der Waals surface area contributed by atoms with Crippen LogP contribution in [0.25, 0.3) is 0 Å². The minimum atomic E-state index is -0.634. The summed E-state index contributed by atoms with van der Waals surface area (Å²) in [5, 5.41) is 7.90. The summed E-state index contributed by atoms with van der Waals surface area (Å²) in [5.74, 6) is -0.756. The van der Waals surface area contributed by atoms with Gasteiger partial charge in [0.2, 0.25) is 17.7 Å². The predicted octanol–water partition coefficient (Wildman–Crippen LogP) is 0.219. The molecule has 1 heterocycles. The Morgan fingerprint density at radius 2 is 2.09 bits per heavy atom. The van der Waals surface area contributed by atoms with Crippen LogP contribution in [0.2, 0.25) is 0 Å². The minimum absolute atomic E-state index is 0.00445. The van der Waals surface area contributed by atoms with Gasteiger partial charge in [0.15, 0.2) is 0 Å². The Morgan fingerprint density at radius 3 is 2.77 bits per heavy atom. The third kappa shape index (κ3) is 3.82. The first-order chi connectivity index (χ1) is 10.4. The topological polar surface area (TPSA) is 113 Å². The SMILES string of the molecule is CC(C)[C@H](N)C(=O)NCC(=O)Nc1ccc2c(c1)CC(=O)N2. The molecule has 0 radical (unpaired) electrons. The minimum Gasteiger partial charge on any atom is -0.346 e. The van der Waals surface area contributed by atoms with Crippen LogP contribution in [0.4, 0.5) is 11.4 Å². The highest BCUT2D eigenvalue weighted by Crippen LogP contribution is 2.25. The number of nitrogens with two attached hydrogens (primary N) is 1. The third-order valence-corrected chi connectivity index (χ3v) is 3.46. The van der Waals surface area contributed by atoms with E-state index in [0.29, 0.717) is 12.1 Å². The zero-order valence-corrected chi connectivity index (χ0v) is 12.6. The summed E-state index contributed by atoms with van der Waals surface area (Å²) < 4.78 is 0. The first-order valence-electron chi connectivity index (χ1n) is 7.12. The molecular weight excluding hydrogens is 284 g/mol. The molecule has 1 aromatic carbocycles. The molecule has 0 saturated carbocycles. The molecule has 2 rings (SSSR count). The summed E-state index contributed by atoms with van der Waals surface area (Å²) in [4.78, 5) is 34.8. The standard InChI is InChI=1S/C15H20N4O3/c1-8(2)14(16)15(22)17-7-13(21)18-10-3-4-11-9(5-10)6-12(20)19-11/h3-5,8,14H,6-7,16H2,1-2H3,(H,17,22)(H,18,21)(H,19,20)/t14-/m0/s1. The first kappa shape index (κ1) is 16.0. The van der Waals surface area contributed by atoms with Crippen molar-refractivity contribution in [3.63, 3.8) is 0 Å². The van der Waals surface area contributed by atoms with Crippen LogP contribution in [-0.2, 0) is 20.8 Å². The van der Waals surface area contributed by atoms with Gasteiger partial charge in [-0.05, 0) is 29.7 Å². The van der Waals surface area contributed by atoms with E-state index < -0.39 is 6.04 Å². The van der Waals surface area contributed by atoms with Gasteiger partial charge in [0.1, 0.15) is 0 Å². The second-order valence-corrected chi connectivity index (χ2v) is 5.63. The van der Waals surface area contributed by atoms with Gasteiger partial charge >= 0.3 is 0 Å². The van der Waals surface area contributed by atoms with Crippen molar-refractivity contribution in [1.82, 2.24) is 5.32 Å². The fourth-order valence-electron chi connectivity index (χ4n) is 2.10. The number of carbonyl (C=O) groups excluding carboxylic acids is 3. The Kier molecular flexibility index (Phi) is 4.77. The average Bonchev–Trinajstić information content (AvgIpc) is 2.83. The highest BCUT2D eigenvalue weighted by atomic mass is 16.2. The van der Waals surface area contributed by atoms with E-state index in [1.807, 2.05) is 13.8 Å². The summed E-state index contributed by atoms with van der Waals surface area (Å²) in [6.07, 6.45) is 0.305. The van der Waals surface area contributed by atoms with E-state index in [0.717, 1.165) is 11.3 Å². The molecule has 7 heteroatoms. The molecule has 0 aromatic heterocycles. The van der Waals surface area contributed by atoms with E-state index in [1.165, 1.54) is 0 Å². The van der Waals surface area contributed by atoms with Crippen molar-refractivity contribution in [3.05, 3.63) is 23.8 Å². The summed E-state index contributed by atoms with van der Waals surface area (Å²) in [6.45, 7) is 3.53. The molecule has 3 amide bonds. The van der Waals surface area contributed by atoms with Crippen molar-refractivity contribution in [2.24, 2.45) is 11.7 Å². The molecule has 7 nitrogen and oxygen atoms in total. The van der Waals surface area contributed by atoms with E-state index in [1.54, 1.807) is 18.2 Å². The van der Waals surface area contributed by atoms with Crippen molar-refractivity contribution >= 4 is 29.1 Å². The van der Waals surface area contributed by atoms with Crippen LogP contribution in [0.3, 0.4) is 0 Å². The number of benzene rings is 1. The van der Waals surface area contributed by atoms with Gasteiger partial charge in [-0.2, -0.15) is 0 Å². The van der Waals surface area contributed by atoms with E-state index in [4.69, 9.17) is 5.73 Å². The Labute approximate surface area is 128 Å². The number of hydrogen-bond donors (Lipinski definition) is 4. The number of hydrogen-bond acceptors (Lipinski definition) is 4. The molecule has 22 heavy (non-hydrogen) atoms. The van der Waals surface area contributed by atoms with Crippen LogP contribution in [0.15, 0.2) is 18.2 Å². The van der Waals surface area contributed by atoms with Crippen molar-refractivity contribution in [2.75, 3.05) is 17.2 Å². The highest BCUT2D eigenvalue weighted by molar-refractivity contribution is 6.00. The molecule has 0 spiro atoms. The normalized spacial score (nSPS) is 14.3. The van der Waals surface area contributed by atoms with Crippen molar-refractivity contribution in [3.8, 4) is 0 Å². The van der Waals surface area contributed by atoms with Crippen molar-refractivity contribution in [1.29, 1.82) is 0 Å². The first-order valence-corrected chi connectivity index (χ1v) is 7.12. The van der Waals surface area contributed by atoms with Gasteiger partial charge < -0.3 is 21.7 Å². The summed E-state index contributed by atoms with van der Waals surface area (Å²) in [6, 6.07) is 4.55. The van der Waals surface area contributed by atoms with Gasteiger partial charge in [-0.25, -0.2) is 0 Å². The van der Waals surface area contributed by atoms with Crippen LogP contribution < -0.4 is 21.7 Å². The molecule has 0 fully saturated rings. The second-order valence-electron chi connectivity index (χ2n) is 5.63. The van der Waals surface area contributed by atoms with Gasteiger partial charge in [-0.15, -0.1) is 0 Å². The second kappa shape index (κ2) is 6.57. The van der Waals surface area contributed by atoms with Crippen LogP contribution in [-0.4, -0.2) is 30.3 Å². The fraction of sp³-hybridized carbons (Fsp3) is 0.400. The lowest BCUT2D eigenvalue weighted by atomic mass is 10.1. The van der Waals surface area contributed by atoms with Crippen molar-refractivity contribution in [2.45, 2.75) is 26.3 Å². The molecule has 5 N–H and O–H groups in total. The summed E-state index contributed by atoms with van der Waals surface area (Å²) in [5.41, 5.74) is 7.88. The van der Waals surface area contributed by atoms with E-state index in [2.05, 4.69) is 16.0 Å². The monoisotopic (exact) mass is 304 g/mol. The highest BCUT2D eigenvalue weighted by Gasteiger charge is 2.19.